The van der Waals surface area contributed by atoms with Gasteiger partial charge in [-0.05, 0) is 24.1 Å². The number of ether oxygens (including phenoxy) is 1. The Hall–Kier alpha value is -1.88. The van der Waals surface area contributed by atoms with E-state index in [1.54, 1.807) is 0 Å². The Kier molecular flexibility index (Phi) is 3.46. The Morgan fingerprint density at radius 3 is 3.11 bits per heavy atom. The summed E-state index contributed by atoms with van der Waals surface area (Å²) >= 11 is 0. The van der Waals surface area contributed by atoms with Crippen LogP contribution < -0.4 is 0 Å². The van der Waals surface area contributed by atoms with Gasteiger partial charge in [0.2, 0.25) is 5.91 Å². The summed E-state index contributed by atoms with van der Waals surface area (Å²) in [5.74, 6) is 0.206. The molecule has 3 rings (SSSR count). The minimum Gasteiger partial charge on any atom is -0.378 e. The van der Waals surface area contributed by atoms with Crippen LogP contribution in [0.2, 0.25) is 0 Å². The normalized spacial score (nSPS) is 15.9. The lowest BCUT2D eigenvalue weighted by molar-refractivity contribution is -0.135. The molecule has 1 fully saturated rings. The van der Waals surface area contributed by atoms with E-state index in [0.717, 1.165) is 23.0 Å². The molecule has 1 saturated heterocycles. The van der Waals surface area contributed by atoms with Crippen LogP contribution in [0.1, 0.15) is 12.0 Å². The van der Waals surface area contributed by atoms with Crippen molar-refractivity contribution in [1.82, 2.24) is 14.9 Å². The molecule has 0 saturated carbocycles. The zero-order chi connectivity index (χ0) is 13.1. The number of H-pyrrole nitrogens is 1. The number of fused-ring (bicyclic) bond motifs is 1. The number of pyridine rings is 1. The summed E-state index contributed by atoms with van der Waals surface area (Å²) < 4.78 is 5.24. The third-order valence-electron chi connectivity index (χ3n) is 3.45. The molecule has 0 spiro atoms. The molecule has 5 nitrogen and oxygen atoms in total. The summed E-state index contributed by atoms with van der Waals surface area (Å²) in [7, 11) is 0. The molecule has 1 aliphatic rings. The molecule has 0 radical (unpaired) electrons. The third-order valence-corrected chi connectivity index (χ3v) is 3.45. The SMILES string of the molecule is O=C(CCc1cnc2[nH]ccc2c1)N1CCOCC1. The number of aromatic nitrogens is 2. The molecule has 2 aromatic heterocycles. The van der Waals surface area contributed by atoms with Crippen molar-refractivity contribution < 1.29 is 9.53 Å². The first-order valence-electron chi connectivity index (χ1n) is 6.60. The molecule has 3 heterocycles. The van der Waals surface area contributed by atoms with Crippen LogP contribution in [0, 0.1) is 0 Å². The van der Waals surface area contributed by atoms with Gasteiger partial charge < -0.3 is 14.6 Å². The van der Waals surface area contributed by atoms with Gasteiger partial charge in [-0.25, -0.2) is 4.98 Å². The Bertz CT molecular complexity index is 573. The van der Waals surface area contributed by atoms with E-state index in [1.807, 2.05) is 23.4 Å². The summed E-state index contributed by atoms with van der Waals surface area (Å²) in [5, 5.41) is 1.09. The predicted octanol–water partition coefficient (Wildman–Crippen LogP) is 1.35. The molecular formula is C14H17N3O2. The number of morpholine rings is 1. The zero-order valence-electron chi connectivity index (χ0n) is 10.8. The number of amides is 1. The third kappa shape index (κ3) is 2.76. The van der Waals surface area contributed by atoms with Gasteiger partial charge in [0.25, 0.3) is 0 Å². The monoisotopic (exact) mass is 259 g/mol. The summed E-state index contributed by atoms with van der Waals surface area (Å²) in [6.45, 7) is 2.74. The van der Waals surface area contributed by atoms with E-state index in [1.165, 1.54) is 0 Å². The smallest absolute Gasteiger partial charge is 0.223 e. The second-order valence-electron chi connectivity index (χ2n) is 4.75. The first kappa shape index (κ1) is 12.2. The van der Waals surface area contributed by atoms with Crippen LogP contribution in [0.4, 0.5) is 0 Å². The molecule has 0 aromatic carbocycles. The molecular weight excluding hydrogens is 242 g/mol. The topological polar surface area (TPSA) is 58.2 Å². The van der Waals surface area contributed by atoms with Crippen LogP contribution in [-0.2, 0) is 16.0 Å². The van der Waals surface area contributed by atoms with Gasteiger partial charge in [0.05, 0.1) is 13.2 Å². The highest BCUT2D eigenvalue weighted by atomic mass is 16.5. The van der Waals surface area contributed by atoms with Crippen LogP contribution in [-0.4, -0.2) is 47.1 Å². The van der Waals surface area contributed by atoms with Gasteiger partial charge in [0, 0.05) is 37.3 Å². The van der Waals surface area contributed by atoms with Gasteiger partial charge in [0.1, 0.15) is 5.65 Å². The molecule has 19 heavy (non-hydrogen) atoms. The Balaban J connectivity index is 1.60. The Morgan fingerprint density at radius 1 is 1.42 bits per heavy atom. The van der Waals surface area contributed by atoms with Crippen molar-refractivity contribution >= 4 is 16.9 Å². The first-order valence-corrected chi connectivity index (χ1v) is 6.60. The van der Waals surface area contributed by atoms with Crippen molar-refractivity contribution in [1.29, 1.82) is 0 Å². The standard InChI is InChI=1S/C14H17N3O2/c18-13(17-5-7-19-8-6-17)2-1-11-9-12-3-4-15-14(12)16-10-11/h3-4,9-10H,1-2,5-8H2,(H,15,16). The van der Waals surface area contributed by atoms with Gasteiger partial charge in [-0.15, -0.1) is 0 Å². The molecule has 1 N–H and O–H groups in total. The lowest BCUT2D eigenvalue weighted by Crippen LogP contribution is -2.40. The molecule has 5 heteroatoms. The maximum atomic E-state index is 12.0. The number of nitrogens with zero attached hydrogens (tertiary/aromatic N) is 2. The van der Waals surface area contributed by atoms with Crippen molar-refractivity contribution in [3.05, 3.63) is 30.1 Å². The summed E-state index contributed by atoms with van der Waals surface area (Å²) in [6.07, 6.45) is 4.99. The van der Waals surface area contributed by atoms with Crippen LogP contribution in [0.5, 0.6) is 0 Å². The highest BCUT2D eigenvalue weighted by Gasteiger charge is 2.16. The van der Waals surface area contributed by atoms with E-state index < -0.39 is 0 Å². The van der Waals surface area contributed by atoms with Crippen molar-refractivity contribution in [2.75, 3.05) is 26.3 Å². The average Bonchev–Trinajstić information content (AvgIpc) is 2.93. The van der Waals surface area contributed by atoms with Crippen LogP contribution >= 0.6 is 0 Å². The lowest BCUT2D eigenvalue weighted by atomic mass is 10.1. The molecule has 0 atom stereocenters. The number of aromatic amines is 1. The molecule has 1 aliphatic heterocycles. The number of rotatable bonds is 3. The van der Waals surface area contributed by atoms with E-state index in [2.05, 4.69) is 16.0 Å². The van der Waals surface area contributed by atoms with Gasteiger partial charge in [-0.3, -0.25) is 4.79 Å². The Labute approximate surface area is 111 Å². The minimum absolute atomic E-state index is 0.206. The zero-order valence-corrected chi connectivity index (χ0v) is 10.8. The predicted molar refractivity (Wildman–Crippen MR) is 71.8 cm³/mol. The van der Waals surface area contributed by atoms with Crippen LogP contribution in [0.25, 0.3) is 11.0 Å². The molecule has 0 unspecified atom stereocenters. The van der Waals surface area contributed by atoms with Crippen molar-refractivity contribution in [2.45, 2.75) is 12.8 Å². The lowest BCUT2D eigenvalue weighted by Gasteiger charge is -2.26. The van der Waals surface area contributed by atoms with E-state index >= 15 is 0 Å². The van der Waals surface area contributed by atoms with Crippen molar-refractivity contribution in [3.63, 3.8) is 0 Å². The van der Waals surface area contributed by atoms with E-state index in [9.17, 15) is 4.79 Å². The van der Waals surface area contributed by atoms with E-state index in [0.29, 0.717) is 32.7 Å². The molecule has 1 amide bonds. The largest absolute Gasteiger partial charge is 0.378 e. The van der Waals surface area contributed by atoms with Crippen LogP contribution in [0.3, 0.4) is 0 Å². The number of hydrogen-bond acceptors (Lipinski definition) is 3. The number of hydrogen-bond donors (Lipinski definition) is 1. The first-order chi connectivity index (χ1) is 9.33. The van der Waals surface area contributed by atoms with Gasteiger partial charge in [-0.1, -0.05) is 0 Å². The fourth-order valence-electron chi connectivity index (χ4n) is 2.34. The fourth-order valence-corrected chi connectivity index (χ4v) is 2.34. The average molecular weight is 259 g/mol. The summed E-state index contributed by atoms with van der Waals surface area (Å²) in [6, 6.07) is 4.08. The number of nitrogens with one attached hydrogen (secondary N) is 1. The number of carbonyl (C=O) groups is 1. The molecule has 100 valence electrons. The molecule has 2 aromatic rings. The quantitative estimate of drug-likeness (QED) is 0.905. The number of carbonyl (C=O) groups excluding carboxylic acids is 1. The van der Waals surface area contributed by atoms with Gasteiger partial charge in [-0.2, -0.15) is 0 Å². The highest BCUT2D eigenvalue weighted by Crippen LogP contribution is 2.13. The maximum Gasteiger partial charge on any atom is 0.223 e. The molecule has 0 aliphatic carbocycles. The Morgan fingerprint density at radius 2 is 2.26 bits per heavy atom. The summed E-state index contributed by atoms with van der Waals surface area (Å²) in [5.41, 5.74) is 2.00. The van der Waals surface area contributed by atoms with E-state index in [-0.39, 0.29) is 5.91 Å². The molecule has 0 bridgehead atoms. The van der Waals surface area contributed by atoms with Gasteiger partial charge >= 0.3 is 0 Å². The highest BCUT2D eigenvalue weighted by molar-refractivity contribution is 5.78. The summed E-state index contributed by atoms with van der Waals surface area (Å²) in [4.78, 5) is 21.3. The van der Waals surface area contributed by atoms with E-state index in [4.69, 9.17) is 4.74 Å². The number of aryl methyl sites for hydroxylation is 1. The van der Waals surface area contributed by atoms with Gasteiger partial charge in [0.15, 0.2) is 0 Å². The minimum atomic E-state index is 0.206. The van der Waals surface area contributed by atoms with Crippen molar-refractivity contribution in [3.8, 4) is 0 Å². The van der Waals surface area contributed by atoms with Crippen molar-refractivity contribution in [2.24, 2.45) is 0 Å². The maximum absolute atomic E-state index is 12.0. The van der Waals surface area contributed by atoms with Crippen LogP contribution in [0.15, 0.2) is 24.5 Å². The second kappa shape index (κ2) is 5.40. The second-order valence-corrected chi connectivity index (χ2v) is 4.75. The fraction of sp³-hybridized carbons (Fsp3) is 0.429.